The van der Waals surface area contributed by atoms with E-state index in [0.717, 1.165) is 5.56 Å². The molecule has 2 rings (SSSR count). The second kappa shape index (κ2) is 9.74. The van der Waals surface area contributed by atoms with Crippen LogP contribution in [0.4, 0.5) is 9.18 Å². The third-order valence-electron chi connectivity index (χ3n) is 4.16. The number of rotatable bonds is 7. The fourth-order valence-corrected chi connectivity index (χ4v) is 2.92. The first kappa shape index (κ1) is 22.7. The number of halogens is 2. The minimum Gasteiger partial charge on any atom is -0.497 e. The first-order valence-corrected chi connectivity index (χ1v) is 9.53. The molecule has 2 aromatic rings. The molecule has 0 aliphatic rings. The largest absolute Gasteiger partial charge is 0.497 e. The molecule has 0 heterocycles. The number of benzene rings is 2. The van der Waals surface area contributed by atoms with Crippen LogP contribution in [0.3, 0.4) is 0 Å². The molecule has 0 aliphatic heterocycles. The van der Waals surface area contributed by atoms with Crippen molar-refractivity contribution in [1.29, 1.82) is 0 Å². The van der Waals surface area contributed by atoms with Crippen LogP contribution in [0, 0.1) is 5.82 Å². The molecule has 1 atom stereocenters. The summed E-state index contributed by atoms with van der Waals surface area (Å²) in [5, 5.41) is -0.0360. The molecule has 5 nitrogen and oxygen atoms in total. The lowest BCUT2D eigenvalue weighted by atomic mass is 10.0. The zero-order valence-corrected chi connectivity index (χ0v) is 17.7. The minimum absolute atomic E-state index is 0.0225. The quantitative estimate of drug-likeness (QED) is 0.588. The summed E-state index contributed by atoms with van der Waals surface area (Å²) < 4.78 is 25.0. The van der Waals surface area contributed by atoms with E-state index < -0.39 is 23.6 Å². The van der Waals surface area contributed by atoms with E-state index in [0.29, 0.717) is 12.0 Å². The molecule has 1 amide bonds. The normalized spacial score (nSPS) is 12.2. The van der Waals surface area contributed by atoms with Gasteiger partial charge >= 0.3 is 6.09 Å². The Morgan fingerprint density at radius 2 is 1.86 bits per heavy atom. The summed E-state index contributed by atoms with van der Waals surface area (Å²) in [5.41, 5.74) is 0.275. The Labute approximate surface area is 175 Å². The second-order valence-corrected chi connectivity index (χ2v) is 7.98. The van der Waals surface area contributed by atoms with Crippen LogP contribution in [-0.2, 0) is 22.5 Å². The Kier molecular flexibility index (Phi) is 7.62. The van der Waals surface area contributed by atoms with Gasteiger partial charge in [-0.05, 0) is 50.1 Å². The highest BCUT2D eigenvalue weighted by molar-refractivity contribution is 6.30. The number of carbonyl (C=O) groups excluding carboxylic acids is 2. The van der Waals surface area contributed by atoms with Crippen LogP contribution in [0.1, 0.15) is 31.9 Å². The lowest BCUT2D eigenvalue weighted by Crippen LogP contribution is -2.45. The molecule has 0 bridgehead atoms. The SMILES string of the molecule is COc1ccc(CN(C(=O)OC(C)(C)C)C(C=O)Cc2cccc(Cl)c2F)cc1. The van der Waals surface area contributed by atoms with Crippen LogP contribution < -0.4 is 4.74 Å². The molecule has 0 N–H and O–H groups in total. The molecular weight excluding hydrogens is 397 g/mol. The molecule has 0 aliphatic carbocycles. The average Bonchev–Trinajstić information content (AvgIpc) is 2.66. The molecule has 29 heavy (non-hydrogen) atoms. The van der Waals surface area contributed by atoms with Gasteiger partial charge in [0, 0.05) is 13.0 Å². The molecule has 7 heteroatoms. The van der Waals surface area contributed by atoms with Gasteiger partial charge in [-0.2, -0.15) is 0 Å². The van der Waals surface area contributed by atoms with E-state index in [2.05, 4.69) is 0 Å². The molecule has 0 radical (unpaired) electrons. The Balaban J connectivity index is 2.33. The predicted molar refractivity (Wildman–Crippen MR) is 110 cm³/mol. The van der Waals surface area contributed by atoms with Crippen molar-refractivity contribution in [2.75, 3.05) is 7.11 Å². The molecular formula is C22H25ClFNO4. The number of nitrogens with zero attached hydrogens (tertiary/aromatic N) is 1. The summed E-state index contributed by atoms with van der Waals surface area (Å²) in [7, 11) is 1.56. The zero-order valence-electron chi connectivity index (χ0n) is 16.9. The Morgan fingerprint density at radius 3 is 2.41 bits per heavy atom. The molecule has 2 aromatic carbocycles. The van der Waals surface area contributed by atoms with E-state index in [1.54, 1.807) is 64.3 Å². The van der Waals surface area contributed by atoms with Gasteiger partial charge in [-0.15, -0.1) is 0 Å². The maximum atomic E-state index is 14.3. The molecule has 0 fully saturated rings. The number of hydrogen-bond donors (Lipinski definition) is 0. The Hall–Kier alpha value is -2.60. The molecule has 1 unspecified atom stereocenters. The third kappa shape index (κ3) is 6.46. The smallest absolute Gasteiger partial charge is 0.411 e. The molecule has 0 aromatic heterocycles. The summed E-state index contributed by atoms with van der Waals surface area (Å²) in [6, 6.07) is 10.7. The summed E-state index contributed by atoms with van der Waals surface area (Å²) in [6.45, 7) is 5.33. The van der Waals surface area contributed by atoms with Crippen LogP contribution in [0.5, 0.6) is 5.75 Å². The van der Waals surface area contributed by atoms with Gasteiger partial charge in [0.1, 0.15) is 23.5 Å². The van der Waals surface area contributed by atoms with E-state index >= 15 is 0 Å². The van der Waals surface area contributed by atoms with E-state index in [9.17, 15) is 14.0 Å². The summed E-state index contributed by atoms with van der Waals surface area (Å²) in [4.78, 5) is 26.0. The summed E-state index contributed by atoms with van der Waals surface area (Å²) >= 11 is 5.85. The monoisotopic (exact) mass is 421 g/mol. The van der Waals surface area contributed by atoms with Crippen molar-refractivity contribution in [3.8, 4) is 5.75 Å². The number of methoxy groups -OCH3 is 1. The van der Waals surface area contributed by atoms with Crippen molar-refractivity contribution in [1.82, 2.24) is 4.90 Å². The van der Waals surface area contributed by atoms with Gasteiger partial charge in [0.25, 0.3) is 0 Å². The van der Waals surface area contributed by atoms with Crippen molar-refractivity contribution in [2.45, 2.75) is 45.4 Å². The van der Waals surface area contributed by atoms with Crippen molar-refractivity contribution in [3.05, 3.63) is 64.4 Å². The fraction of sp³-hybridized carbons (Fsp3) is 0.364. The third-order valence-corrected chi connectivity index (χ3v) is 4.45. The topological polar surface area (TPSA) is 55.8 Å². The molecule has 156 valence electrons. The van der Waals surface area contributed by atoms with Crippen LogP contribution in [0.25, 0.3) is 0 Å². The van der Waals surface area contributed by atoms with Gasteiger partial charge in [0.2, 0.25) is 0 Å². The maximum absolute atomic E-state index is 14.3. The van der Waals surface area contributed by atoms with Crippen molar-refractivity contribution in [2.24, 2.45) is 0 Å². The molecule has 0 spiro atoms. The standard InChI is InChI=1S/C22H25ClFNO4/c1-22(2,3)29-21(27)25(13-15-8-10-18(28-4)11-9-15)17(14-26)12-16-6-5-7-19(23)20(16)24/h5-11,14,17H,12-13H2,1-4H3. The Morgan fingerprint density at radius 1 is 1.21 bits per heavy atom. The Bertz CT molecular complexity index is 849. The van der Waals surface area contributed by atoms with Gasteiger partial charge in [-0.1, -0.05) is 35.9 Å². The number of ether oxygens (including phenoxy) is 2. The van der Waals surface area contributed by atoms with E-state index in [-0.39, 0.29) is 23.6 Å². The van der Waals surface area contributed by atoms with E-state index in [1.165, 1.54) is 11.0 Å². The number of amides is 1. The second-order valence-electron chi connectivity index (χ2n) is 7.58. The maximum Gasteiger partial charge on any atom is 0.411 e. The van der Waals surface area contributed by atoms with E-state index in [4.69, 9.17) is 21.1 Å². The number of hydrogen-bond acceptors (Lipinski definition) is 4. The molecule has 0 saturated carbocycles. The van der Waals surface area contributed by atoms with Crippen molar-refractivity contribution in [3.63, 3.8) is 0 Å². The minimum atomic E-state index is -0.931. The van der Waals surface area contributed by atoms with Gasteiger partial charge in [0.15, 0.2) is 0 Å². The van der Waals surface area contributed by atoms with Crippen LogP contribution >= 0.6 is 11.6 Å². The first-order chi connectivity index (χ1) is 13.6. The van der Waals surface area contributed by atoms with Gasteiger partial charge in [-0.3, -0.25) is 4.90 Å². The summed E-state index contributed by atoms with van der Waals surface area (Å²) in [5.74, 6) is 0.0695. The lowest BCUT2D eigenvalue weighted by molar-refractivity contribution is -0.112. The van der Waals surface area contributed by atoms with Gasteiger partial charge in [-0.25, -0.2) is 9.18 Å². The van der Waals surface area contributed by atoms with Crippen LogP contribution in [-0.4, -0.2) is 36.0 Å². The summed E-state index contributed by atoms with van der Waals surface area (Å²) in [6.07, 6.45) is -0.0631. The van der Waals surface area contributed by atoms with Crippen molar-refractivity contribution >= 4 is 24.0 Å². The number of carbonyl (C=O) groups is 2. The van der Waals surface area contributed by atoms with Gasteiger partial charge in [0.05, 0.1) is 18.2 Å². The zero-order chi connectivity index (χ0) is 21.6. The molecule has 0 saturated heterocycles. The van der Waals surface area contributed by atoms with Crippen LogP contribution in [0.2, 0.25) is 5.02 Å². The van der Waals surface area contributed by atoms with Gasteiger partial charge < -0.3 is 14.3 Å². The predicted octanol–water partition coefficient (Wildman–Crippen LogP) is 5.04. The van der Waals surface area contributed by atoms with E-state index in [1.807, 2.05) is 0 Å². The average molecular weight is 422 g/mol. The number of aldehydes is 1. The first-order valence-electron chi connectivity index (χ1n) is 9.15. The highest BCUT2D eigenvalue weighted by Crippen LogP contribution is 2.22. The van der Waals surface area contributed by atoms with Crippen molar-refractivity contribution < 1.29 is 23.5 Å². The van der Waals surface area contributed by atoms with Crippen LogP contribution in [0.15, 0.2) is 42.5 Å². The highest BCUT2D eigenvalue weighted by Gasteiger charge is 2.29. The fourth-order valence-electron chi connectivity index (χ4n) is 2.73. The lowest BCUT2D eigenvalue weighted by Gasteiger charge is -2.31. The highest BCUT2D eigenvalue weighted by atomic mass is 35.5.